The molecule has 0 aliphatic heterocycles. The standard InChI is InChI=1S/C19H36O2/c1-3-5-6-7-8-9-10-11-12-13-14-15-17-18(16-4-2)19(20)21/h4,18H,2-3,5-17H2,1H3,(H,20,21). The van der Waals surface area contributed by atoms with Crippen LogP contribution in [0.15, 0.2) is 12.7 Å². The summed E-state index contributed by atoms with van der Waals surface area (Å²) >= 11 is 0. The molecule has 21 heavy (non-hydrogen) atoms. The van der Waals surface area contributed by atoms with Crippen molar-refractivity contribution >= 4 is 5.97 Å². The molecule has 0 rings (SSSR count). The summed E-state index contributed by atoms with van der Waals surface area (Å²) in [6.45, 7) is 5.89. The fourth-order valence-corrected chi connectivity index (χ4v) is 2.78. The van der Waals surface area contributed by atoms with Gasteiger partial charge in [0.05, 0.1) is 5.92 Å². The first kappa shape index (κ1) is 20.2. The maximum atomic E-state index is 11.0. The van der Waals surface area contributed by atoms with Crippen molar-refractivity contribution < 1.29 is 9.90 Å². The van der Waals surface area contributed by atoms with Crippen LogP contribution in [0.5, 0.6) is 0 Å². The van der Waals surface area contributed by atoms with Gasteiger partial charge in [0.25, 0.3) is 0 Å². The number of hydrogen-bond donors (Lipinski definition) is 1. The lowest BCUT2D eigenvalue weighted by Gasteiger charge is -2.09. The van der Waals surface area contributed by atoms with E-state index >= 15 is 0 Å². The Kier molecular flexibility index (Phi) is 15.0. The monoisotopic (exact) mass is 296 g/mol. The molecule has 1 unspecified atom stereocenters. The average Bonchev–Trinajstić information content (AvgIpc) is 2.47. The van der Waals surface area contributed by atoms with Gasteiger partial charge in [-0.15, -0.1) is 6.58 Å². The quantitative estimate of drug-likeness (QED) is 0.266. The third kappa shape index (κ3) is 13.9. The summed E-state index contributed by atoms with van der Waals surface area (Å²) in [5, 5.41) is 9.03. The predicted molar refractivity (Wildman–Crippen MR) is 91.6 cm³/mol. The summed E-state index contributed by atoms with van der Waals surface area (Å²) in [5.74, 6) is -0.886. The lowest BCUT2D eigenvalue weighted by Crippen LogP contribution is -2.12. The first-order valence-electron chi connectivity index (χ1n) is 9.06. The Labute approximate surface area is 132 Å². The van der Waals surface area contributed by atoms with E-state index in [4.69, 9.17) is 5.11 Å². The topological polar surface area (TPSA) is 37.3 Å². The van der Waals surface area contributed by atoms with Gasteiger partial charge in [0, 0.05) is 0 Å². The van der Waals surface area contributed by atoms with Crippen molar-refractivity contribution in [3.05, 3.63) is 12.7 Å². The van der Waals surface area contributed by atoms with Crippen LogP contribution < -0.4 is 0 Å². The first-order valence-corrected chi connectivity index (χ1v) is 9.06. The molecule has 2 heteroatoms. The Morgan fingerprint density at radius 2 is 1.33 bits per heavy atom. The molecule has 0 aromatic carbocycles. The van der Waals surface area contributed by atoms with Gasteiger partial charge < -0.3 is 5.11 Å². The molecule has 0 bridgehead atoms. The summed E-state index contributed by atoms with van der Waals surface area (Å²) in [6.07, 6.45) is 19.0. The van der Waals surface area contributed by atoms with Crippen LogP contribution >= 0.6 is 0 Å². The van der Waals surface area contributed by atoms with Crippen LogP contribution in [0.3, 0.4) is 0 Å². The van der Waals surface area contributed by atoms with Crippen LogP contribution in [0.4, 0.5) is 0 Å². The molecular formula is C19H36O2. The molecule has 0 aromatic rings. The second-order valence-electron chi connectivity index (χ2n) is 6.24. The van der Waals surface area contributed by atoms with Crippen LogP contribution in [-0.2, 0) is 4.79 Å². The number of allylic oxidation sites excluding steroid dienone is 1. The Morgan fingerprint density at radius 1 is 0.905 bits per heavy atom. The summed E-state index contributed by atoms with van der Waals surface area (Å²) in [5.41, 5.74) is 0. The first-order chi connectivity index (χ1) is 10.2. The number of carbonyl (C=O) groups is 1. The smallest absolute Gasteiger partial charge is 0.306 e. The van der Waals surface area contributed by atoms with Gasteiger partial charge in [-0.2, -0.15) is 0 Å². The van der Waals surface area contributed by atoms with E-state index < -0.39 is 5.97 Å². The minimum Gasteiger partial charge on any atom is -0.481 e. The van der Waals surface area contributed by atoms with Crippen LogP contribution in [0.1, 0.15) is 96.8 Å². The molecule has 0 amide bonds. The van der Waals surface area contributed by atoms with Gasteiger partial charge in [0.15, 0.2) is 0 Å². The number of aliphatic carboxylic acids is 1. The maximum Gasteiger partial charge on any atom is 0.306 e. The van der Waals surface area contributed by atoms with E-state index in [-0.39, 0.29) is 5.92 Å². The second kappa shape index (κ2) is 15.6. The Balaban J connectivity index is 3.24. The van der Waals surface area contributed by atoms with Gasteiger partial charge >= 0.3 is 5.97 Å². The molecule has 124 valence electrons. The van der Waals surface area contributed by atoms with E-state index in [0.717, 1.165) is 12.8 Å². The van der Waals surface area contributed by atoms with Gasteiger partial charge in [-0.1, -0.05) is 90.0 Å². The molecule has 0 saturated heterocycles. The average molecular weight is 296 g/mol. The lowest BCUT2D eigenvalue weighted by atomic mass is 9.97. The number of carboxylic acids is 1. The van der Waals surface area contributed by atoms with Gasteiger partial charge in [-0.25, -0.2) is 0 Å². The summed E-state index contributed by atoms with van der Waals surface area (Å²) in [7, 11) is 0. The third-order valence-corrected chi connectivity index (χ3v) is 4.21. The van der Waals surface area contributed by atoms with E-state index in [1.54, 1.807) is 6.08 Å². The van der Waals surface area contributed by atoms with Crippen molar-refractivity contribution in [3.63, 3.8) is 0 Å². The van der Waals surface area contributed by atoms with E-state index in [9.17, 15) is 4.79 Å². The number of hydrogen-bond acceptors (Lipinski definition) is 1. The largest absolute Gasteiger partial charge is 0.481 e. The highest BCUT2D eigenvalue weighted by atomic mass is 16.4. The van der Waals surface area contributed by atoms with E-state index in [1.807, 2.05) is 0 Å². The van der Waals surface area contributed by atoms with E-state index in [2.05, 4.69) is 13.5 Å². The highest BCUT2D eigenvalue weighted by molar-refractivity contribution is 5.70. The zero-order valence-corrected chi connectivity index (χ0v) is 14.1. The fourth-order valence-electron chi connectivity index (χ4n) is 2.78. The van der Waals surface area contributed by atoms with Gasteiger partial charge in [0.1, 0.15) is 0 Å². The van der Waals surface area contributed by atoms with Crippen LogP contribution in [0, 0.1) is 5.92 Å². The maximum absolute atomic E-state index is 11.0. The highest BCUT2D eigenvalue weighted by Gasteiger charge is 2.14. The van der Waals surface area contributed by atoms with Crippen molar-refractivity contribution in [1.29, 1.82) is 0 Å². The Hall–Kier alpha value is -0.790. The van der Waals surface area contributed by atoms with Crippen molar-refractivity contribution in [2.24, 2.45) is 5.92 Å². The SMILES string of the molecule is C=CCC(CCCCCCCCCCCCCC)C(=O)O. The molecule has 0 heterocycles. The molecule has 0 radical (unpaired) electrons. The predicted octanol–water partition coefficient (Wildman–Crippen LogP) is 6.35. The molecule has 1 N–H and O–H groups in total. The number of carboxylic acid groups (broad SMARTS) is 1. The summed E-state index contributed by atoms with van der Waals surface area (Å²) in [6, 6.07) is 0. The molecule has 0 fully saturated rings. The van der Waals surface area contributed by atoms with Crippen molar-refractivity contribution in [1.82, 2.24) is 0 Å². The Morgan fingerprint density at radius 3 is 1.71 bits per heavy atom. The van der Waals surface area contributed by atoms with Crippen LogP contribution in [0.25, 0.3) is 0 Å². The zero-order valence-electron chi connectivity index (χ0n) is 14.1. The van der Waals surface area contributed by atoms with Gasteiger partial charge in [0.2, 0.25) is 0 Å². The van der Waals surface area contributed by atoms with Crippen LogP contribution in [0.2, 0.25) is 0 Å². The molecular weight excluding hydrogens is 260 g/mol. The highest BCUT2D eigenvalue weighted by Crippen LogP contribution is 2.16. The molecule has 0 spiro atoms. The normalized spacial score (nSPS) is 12.2. The zero-order chi connectivity index (χ0) is 15.8. The summed E-state index contributed by atoms with van der Waals surface area (Å²) in [4.78, 5) is 11.0. The summed E-state index contributed by atoms with van der Waals surface area (Å²) < 4.78 is 0. The van der Waals surface area contributed by atoms with Crippen molar-refractivity contribution in [3.8, 4) is 0 Å². The fraction of sp³-hybridized carbons (Fsp3) is 0.842. The van der Waals surface area contributed by atoms with Gasteiger partial charge in [-0.05, 0) is 12.8 Å². The van der Waals surface area contributed by atoms with Gasteiger partial charge in [-0.3, -0.25) is 4.79 Å². The number of unbranched alkanes of at least 4 members (excludes halogenated alkanes) is 11. The van der Waals surface area contributed by atoms with Crippen molar-refractivity contribution in [2.45, 2.75) is 96.8 Å². The van der Waals surface area contributed by atoms with Crippen LogP contribution in [-0.4, -0.2) is 11.1 Å². The molecule has 0 aromatic heterocycles. The molecule has 1 atom stereocenters. The van der Waals surface area contributed by atoms with Crippen molar-refractivity contribution in [2.75, 3.05) is 0 Å². The third-order valence-electron chi connectivity index (χ3n) is 4.21. The second-order valence-corrected chi connectivity index (χ2v) is 6.24. The molecule has 0 aliphatic rings. The molecule has 0 aliphatic carbocycles. The lowest BCUT2D eigenvalue weighted by molar-refractivity contribution is -0.141. The van der Waals surface area contributed by atoms with E-state index in [1.165, 1.54) is 70.6 Å². The molecule has 2 nitrogen and oxygen atoms in total. The van der Waals surface area contributed by atoms with E-state index in [0.29, 0.717) is 6.42 Å². The minimum atomic E-state index is -0.669. The Bertz CT molecular complexity index is 248. The minimum absolute atomic E-state index is 0.217. The molecule has 0 saturated carbocycles. The number of rotatable bonds is 16.